The van der Waals surface area contributed by atoms with E-state index in [1.54, 1.807) is 27.6 Å². The number of aryl methyl sites for hydroxylation is 2. The van der Waals surface area contributed by atoms with Crippen molar-refractivity contribution in [1.29, 1.82) is 5.26 Å². The quantitative estimate of drug-likeness (QED) is 0.484. The minimum absolute atomic E-state index is 0.105. The second kappa shape index (κ2) is 9.18. The van der Waals surface area contributed by atoms with Crippen molar-refractivity contribution in [2.45, 2.75) is 33.2 Å². The Morgan fingerprint density at radius 2 is 2.20 bits per heavy atom. The van der Waals surface area contributed by atoms with E-state index < -0.39 is 0 Å². The van der Waals surface area contributed by atoms with Crippen LogP contribution in [0.4, 0.5) is 4.39 Å². The largest absolute Gasteiger partial charge is 0.335 e. The van der Waals surface area contributed by atoms with Crippen LogP contribution < -0.4 is 0 Å². The molecule has 2 aromatic heterocycles. The average Bonchev–Trinajstić information content (AvgIpc) is 3.12. The predicted molar refractivity (Wildman–Crippen MR) is 115 cm³/mol. The molecule has 0 spiro atoms. The highest BCUT2D eigenvalue weighted by Gasteiger charge is 2.18. The normalized spacial score (nSPS) is 10.8. The van der Waals surface area contributed by atoms with Crippen LogP contribution in [-0.2, 0) is 17.8 Å². The number of fused-ring (bicyclic) bond motifs is 1. The van der Waals surface area contributed by atoms with Crippen molar-refractivity contribution in [2.24, 2.45) is 0 Å². The topological polar surface area (TPSA) is 74.3 Å². The number of carbonyl (C=O) groups is 1. The van der Waals surface area contributed by atoms with Crippen LogP contribution in [-0.4, -0.2) is 31.9 Å². The Balaban J connectivity index is 1.79. The number of carbonyl (C=O) groups excluding carboxylic acids is 1. The molecule has 1 aromatic carbocycles. The van der Waals surface area contributed by atoms with E-state index in [-0.39, 0.29) is 24.7 Å². The van der Waals surface area contributed by atoms with E-state index in [1.165, 1.54) is 12.3 Å². The maximum Gasteiger partial charge on any atom is 0.223 e. The average molecular weight is 470 g/mol. The molecule has 8 heteroatoms. The van der Waals surface area contributed by atoms with Gasteiger partial charge in [0, 0.05) is 40.9 Å². The molecule has 0 aliphatic rings. The van der Waals surface area contributed by atoms with Crippen molar-refractivity contribution < 1.29 is 9.18 Å². The van der Waals surface area contributed by atoms with Crippen LogP contribution in [0.3, 0.4) is 0 Å². The van der Waals surface area contributed by atoms with Crippen molar-refractivity contribution in [2.75, 3.05) is 6.54 Å². The van der Waals surface area contributed by atoms with E-state index in [0.717, 1.165) is 21.4 Å². The molecule has 0 unspecified atom stereocenters. The summed E-state index contributed by atoms with van der Waals surface area (Å²) in [7, 11) is 0. The standard InChI is InChI=1S/C22H21BrFN5O/c1-4-9-28(13-16-10-18(23)5-7-20(16)24)21(30)8-6-19-14(2)27-22-17(11-25)12-26-29(22)15(19)3/h4-5,7,10,12H,1,6,8-9,13H2,2-3H3. The lowest BCUT2D eigenvalue weighted by molar-refractivity contribution is -0.131. The Morgan fingerprint density at radius 3 is 2.90 bits per heavy atom. The molecule has 0 saturated heterocycles. The van der Waals surface area contributed by atoms with E-state index in [9.17, 15) is 14.4 Å². The fourth-order valence-electron chi connectivity index (χ4n) is 3.42. The molecule has 3 rings (SSSR count). The Labute approximate surface area is 182 Å². The van der Waals surface area contributed by atoms with Crippen molar-refractivity contribution in [3.63, 3.8) is 0 Å². The molecule has 30 heavy (non-hydrogen) atoms. The second-order valence-electron chi connectivity index (χ2n) is 6.97. The number of rotatable bonds is 7. The molecule has 154 valence electrons. The predicted octanol–water partition coefficient (Wildman–Crippen LogP) is 4.27. The lowest BCUT2D eigenvalue weighted by Gasteiger charge is -2.22. The number of benzene rings is 1. The maximum atomic E-state index is 14.1. The summed E-state index contributed by atoms with van der Waals surface area (Å²) in [6, 6.07) is 6.76. The molecule has 6 nitrogen and oxygen atoms in total. The highest BCUT2D eigenvalue weighted by atomic mass is 79.9. The zero-order valence-electron chi connectivity index (χ0n) is 16.8. The van der Waals surface area contributed by atoms with Crippen molar-refractivity contribution >= 4 is 27.5 Å². The molecule has 1 amide bonds. The SMILES string of the molecule is C=CCN(Cc1cc(Br)ccc1F)C(=O)CCc1c(C)nc2c(C#N)cnn2c1C. The first-order valence-corrected chi connectivity index (χ1v) is 10.2. The lowest BCUT2D eigenvalue weighted by atomic mass is 10.1. The molecule has 0 radical (unpaired) electrons. The first kappa shape index (κ1) is 21.7. The number of nitriles is 1. The zero-order chi connectivity index (χ0) is 21.8. The van der Waals surface area contributed by atoms with Crippen LogP contribution in [0.2, 0.25) is 0 Å². The summed E-state index contributed by atoms with van der Waals surface area (Å²) in [6.45, 7) is 7.95. The maximum absolute atomic E-state index is 14.1. The Hall–Kier alpha value is -3.05. The van der Waals surface area contributed by atoms with Gasteiger partial charge in [0.15, 0.2) is 5.65 Å². The van der Waals surface area contributed by atoms with Crippen LogP contribution in [0.15, 0.2) is 41.5 Å². The van der Waals surface area contributed by atoms with E-state index in [4.69, 9.17) is 0 Å². The highest BCUT2D eigenvalue weighted by molar-refractivity contribution is 9.10. The number of nitrogens with zero attached hydrogens (tertiary/aromatic N) is 5. The van der Waals surface area contributed by atoms with Crippen molar-refractivity contribution in [3.8, 4) is 6.07 Å². The molecule has 0 bridgehead atoms. The van der Waals surface area contributed by atoms with Crippen molar-refractivity contribution in [1.82, 2.24) is 19.5 Å². The summed E-state index contributed by atoms with van der Waals surface area (Å²) in [6.07, 6.45) is 3.83. The lowest BCUT2D eigenvalue weighted by Crippen LogP contribution is -2.31. The number of hydrogen-bond donors (Lipinski definition) is 0. The zero-order valence-corrected chi connectivity index (χ0v) is 18.4. The minimum Gasteiger partial charge on any atom is -0.335 e. The first-order chi connectivity index (χ1) is 14.3. The van der Waals surface area contributed by atoms with Gasteiger partial charge in [0.05, 0.1) is 6.20 Å². The molecule has 0 atom stereocenters. The van der Waals surface area contributed by atoms with Crippen LogP contribution in [0.5, 0.6) is 0 Å². The van der Waals surface area contributed by atoms with Gasteiger partial charge in [-0.3, -0.25) is 4.79 Å². The van der Waals surface area contributed by atoms with E-state index in [1.807, 2.05) is 13.8 Å². The molecule has 0 aliphatic heterocycles. The van der Waals surface area contributed by atoms with Gasteiger partial charge in [0.2, 0.25) is 5.91 Å². The van der Waals surface area contributed by atoms with Crippen LogP contribution in [0, 0.1) is 31.0 Å². The molecule has 0 fully saturated rings. The highest BCUT2D eigenvalue weighted by Crippen LogP contribution is 2.20. The summed E-state index contributed by atoms with van der Waals surface area (Å²) in [5.74, 6) is -0.459. The molecular formula is C22H21BrFN5O. The minimum atomic E-state index is -0.353. The molecule has 2 heterocycles. The van der Waals surface area contributed by atoms with Gasteiger partial charge < -0.3 is 4.90 Å². The molecule has 0 saturated carbocycles. The third-order valence-electron chi connectivity index (χ3n) is 4.99. The van der Waals surface area contributed by atoms with E-state index >= 15 is 0 Å². The summed E-state index contributed by atoms with van der Waals surface area (Å²) in [5, 5.41) is 13.4. The number of amides is 1. The van der Waals surface area contributed by atoms with E-state index in [0.29, 0.717) is 29.7 Å². The molecule has 0 aliphatic carbocycles. The molecule has 3 aromatic rings. The van der Waals surface area contributed by atoms with Gasteiger partial charge in [-0.1, -0.05) is 22.0 Å². The smallest absolute Gasteiger partial charge is 0.223 e. The number of aromatic nitrogens is 3. The van der Waals surface area contributed by atoms with Gasteiger partial charge in [-0.2, -0.15) is 10.4 Å². The van der Waals surface area contributed by atoms with Gasteiger partial charge in [0.1, 0.15) is 17.4 Å². The summed E-state index contributed by atoms with van der Waals surface area (Å²) < 4.78 is 16.5. The Morgan fingerprint density at radius 1 is 1.43 bits per heavy atom. The molecule has 0 N–H and O–H groups in total. The molecular weight excluding hydrogens is 449 g/mol. The van der Waals surface area contributed by atoms with Gasteiger partial charge in [-0.25, -0.2) is 13.9 Å². The Bertz CT molecular complexity index is 1160. The number of hydrogen-bond acceptors (Lipinski definition) is 4. The van der Waals surface area contributed by atoms with Crippen LogP contribution in [0.25, 0.3) is 5.65 Å². The number of halogens is 2. The van der Waals surface area contributed by atoms with Gasteiger partial charge >= 0.3 is 0 Å². The third-order valence-corrected chi connectivity index (χ3v) is 5.48. The van der Waals surface area contributed by atoms with Gasteiger partial charge in [-0.15, -0.1) is 6.58 Å². The van der Waals surface area contributed by atoms with Gasteiger partial charge in [0.25, 0.3) is 0 Å². The van der Waals surface area contributed by atoms with E-state index in [2.05, 4.69) is 38.7 Å². The van der Waals surface area contributed by atoms with Gasteiger partial charge in [-0.05, 0) is 44.0 Å². The summed E-state index contributed by atoms with van der Waals surface area (Å²) >= 11 is 3.34. The Kier molecular flexibility index (Phi) is 6.63. The van der Waals surface area contributed by atoms with Crippen molar-refractivity contribution in [3.05, 3.63) is 75.4 Å². The fraction of sp³-hybridized carbons (Fsp3) is 0.273. The van der Waals surface area contributed by atoms with Crippen LogP contribution in [0.1, 0.15) is 34.5 Å². The fourth-order valence-corrected chi connectivity index (χ4v) is 3.83. The van der Waals surface area contributed by atoms with Crippen LogP contribution >= 0.6 is 15.9 Å². The summed E-state index contributed by atoms with van der Waals surface area (Å²) in [4.78, 5) is 19.0. The summed E-state index contributed by atoms with van der Waals surface area (Å²) in [5.41, 5.74) is 3.89. The monoisotopic (exact) mass is 469 g/mol. The second-order valence-corrected chi connectivity index (χ2v) is 7.88. The first-order valence-electron chi connectivity index (χ1n) is 9.42. The third kappa shape index (κ3) is 4.41.